The fourth-order valence-electron chi connectivity index (χ4n) is 2.60. The molecule has 0 saturated carbocycles. The van der Waals surface area contributed by atoms with Crippen LogP contribution >= 0.6 is 34.5 Å². The number of morpholine rings is 1. The normalized spacial score (nSPS) is 16.2. The molecule has 0 unspecified atom stereocenters. The van der Waals surface area contributed by atoms with Crippen molar-refractivity contribution < 1.29 is 4.74 Å². The standard InChI is InChI=1S/C16H15Cl2N5OS/c17-12-3-1-11(13(18)9-12)2-4-15-21-23-14(19-20-16(23)25-15)10-22-5-7-24-8-6-22/h1-4,9H,5-8,10H2/b4-2+. The molecule has 1 aromatic carbocycles. The van der Waals surface area contributed by atoms with Crippen LogP contribution in [0, 0.1) is 0 Å². The van der Waals surface area contributed by atoms with Crippen LogP contribution in [-0.2, 0) is 11.3 Å². The Balaban J connectivity index is 1.54. The lowest BCUT2D eigenvalue weighted by Crippen LogP contribution is -2.36. The second-order valence-electron chi connectivity index (χ2n) is 5.64. The molecule has 1 aliphatic heterocycles. The van der Waals surface area contributed by atoms with Crippen molar-refractivity contribution in [1.82, 2.24) is 24.7 Å². The molecule has 1 aliphatic rings. The fourth-order valence-corrected chi connectivity index (χ4v) is 3.83. The Morgan fingerprint density at radius 1 is 1.16 bits per heavy atom. The highest BCUT2D eigenvalue weighted by Crippen LogP contribution is 2.24. The van der Waals surface area contributed by atoms with Gasteiger partial charge in [0.25, 0.3) is 0 Å². The van der Waals surface area contributed by atoms with Gasteiger partial charge in [-0.1, -0.05) is 46.7 Å². The van der Waals surface area contributed by atoms with Crippen molar-refractivity contribution in [2.45, 2.75) is 6.54 Å². The van der Waals surface area contributed by atoms with Crippen LogP contribution in [-0.4, -0.2) is 51.0 Å². The number of rotatable bonds is 4. The van der Waals surface area contributed by atoms with Crippen LogP contribution in [0.1, 0.15) is 16.4 Å². The van der Waals surface area contributed by atoms with E-state index >= 15 is 0 Å². The maximum Gasteiger partial charge on any atom is 0.235 e. The van der Waals surface area contributed by atoms with Crippen LogP contribution in [0.3, 0.4) is 0 Å². The molecule has 0 spiro atoms. The first-order valence-corrected chi connectivity index (χ1v) is 9.40. The Bertz CT molecular complexity index is 917. The maximum absolute atomic E-state index is 6.19. The lowest BCUT2D eigenvalue weighted by Gasteiger charge is -2.25. The highest BCUT2D eigenvalue weighted by Gasteiger charge is 2.16. The number of benzene rings is 1. The van der Waals surface area contributed by atoms with Gasteiger partial charge in [-0.2, -0.15) is 9.61 Å². The van der Waals surface area contributed by atoms with E-state index in [4.69, 9.17) is 27.9 Å². The topological polar surface area (TPSA) is 55.5 Å². The number of fused-ring (bicyclic) bond motifs is 1. The van der Waals surface area contributed by atoms with Crippen molar-refractivity contribution in [3.8, 4) is 0 Å². The van der Waals surface area contributed by atoms with E-state index in [-0.39, 0.29) is 0 Å². The Hall–Kier alpha value is -1.51. The van der Waals surface area contributed by atoms with Crippen LogP contribution in [0.15, 0.2) is 18.2 Å². The molecular weight excluding hydrogens is 381 g/mol. The summed E-state index contributed by atoms with van der Waals surface area (Å²) in [6, 6.07) is 5.42. The molecule has 0 radical (unpaired) electrons. The quantitative estimate of drug-likeness (QED) is 0.676. The minimum atomic E-state index is 0.611. The second kappa shape index (κ2) is 7.39. The number of aromatic nitrogens is 4. The van der Waals surface area contributed by atoms with Gasteiger partial charge in [0.2, 0.25) is 4.96 Å². The van der Waals surface area contributed by atoms with Crippen LogP contribution in [0.4, 0.5) is 0 Å². The molecule has 1 fully saturated rings. The van der Waals surface area contributed by atoms with Crippen LogP contribution in [0.25, 0.3) is 17.1 Å². The van der Waals surface area contributed by atoms with Gasteiger partial charge in [-0.3, -0.25) is 4.90 Å². The average molecular weight is 396 g/mol. The lowest BCUT2D eigenvalue weighted by atomic mass is 10.2. The van der Waals surface area contributed by atoms with Crippen molar-refractivity contribution in [1.29, 1.82) is 0 Å². The van der Waals surface area contributed by atoms with Gasteiger partial charge >= 0.3 is 0 Å². The monoisotopic (exact) mass is 395 g/mol. The summed E-state index contributed by atoms with van der Waals surface area (Å²) in [5.41, 5.74) is 0.894. The molecule has 0 aliphatic carbocycles. The molecule has 4 rings (SSSR count). The summed E-state index contributed by atoms with van der Waals surface area (Å²) in [6.45, 7) is 4.05. The van der Waals surface area contributed by atoms with E-state index < -0.39 is 0 Å². The molecule has 1 saturated heterocycles. The zero-order chi connectivity index (χ0) is 17.2. The molecule has 3 heterocycles. The van der Waals surface area contributed by atoms with Gasteiger partial charge in [0.15, 0.2) is 5.82 Å². The minimum Gasteiger partial charge on any atom is -0.379 e. The fraction of sp³-hybridized carbons (Fsp3) is 0.312. The summed E-state index contributed by atoms with van der Waals surface area (Å²) in [5.74, 6) is 0.845. The second-order valence-corrected chi connectivity index (χ2v) is 7.47. The van der Waals surface area contributed by atoms with Crippen molar-refractivity contribution in [2.75, 3.05) is 26.3 Å². The van der Waals surface area contributed by atoms with Gasteiger partial charge < -0.3 is 4.74 Å². The summed E-state index contributed by atoms with van der Waals surface area (Å²) in [7, 11) is 0. The summed E-state index contributed by atoms with van der Waals surface area (Å²) >= 11 is 13.6. The van der Waals surface area contributed by atoms with Crippen LogP contribution in [0.5, 0.6) is 0 Å². The summed E-state index contributed by atoms with van der Waals surface area (Å²) in [6.07, 6.45) is 3.85. The van der Waals surface area contributed by atoms with Crippen molar-refractivity contribution in [3.05, 3.63) is 44.6 Å². The van der Waals surface area contributed by atoms with E-state index in [9.17, 15) is 0 Å². The average Bonchev–Trinajstić information content (AvgIpc) is 3.17. The third-order valence-corrected chi connectivity index (χ3v) is 5.33. The molecule has 130 valence electrons. The molecule has 0 N–H and O–H groups in total. The van der Waals surface area contributed by atoms with E-state index in [1.54, 1.807) is 6.07 Å². The molecular formula is C16H15Cl2N5OS. The lowest BCUT2D eigenvalue weighted by molar-refractivity contribution is 0.0328. The number of hydrogen-bond acceptors (Lipinski definition) is 6. The summed E-state index contributed by atoms with van der Waals surface area (Å²) < 4.78 is 7.18. The summed E-state index contributed by atoms with van der Waals surface area (Å²) in [5, 5.41) is 15.1. The first-order chi connectivity index (χ1) is 12.2. The van der Waals surface area contributed by atoms with E-state index in [2.05, 4.69) is 20.2 Å². The number of halogens is 2. The molecule has 25 heavy (non-hydrogen) atoms. The number of ether oxygens (including phenoxy) is 1. The Morgan fingerprint density at radius 3 is 2.80 bits per heavy atom. The predicted octanol–water partition coefficient (Wildman–Crippen LogP) is 3.50. The minimum absolute atomic E-state index is 0.611. The molecule has 9 heteroatoms. The van der Waals surface area contributed by atoms with Gasteiger partial charge in [-0.05, 0) is 23.8 Å². The Labute approximate surface area is 158 Å². The first kappa shape index (κ1) is 16.9. The summed E-state index contributed by atoms with van der Waals surface area (Å²) in [4.78, 5) is 3.08. The van der Waals surface area contributed by atoms with Crippen LogP contribution in [0.2, 0.25) is 10.0 Å². The zero-order valence-corrected chi connectivity index (χ0v) is 15.6. The van der Waals surface area contributed by atoms with Gasteiger partial charge in [0, 0.05) is 23.1 Å². The number of nitrogens with zero attached hydrogens (tertiary/aromatic N) is 5. The molecule has 0 atom stereocenters. The first-order valence-electron chi connectivity index (χ1n) is 7.83. The Morgan fingerprint density at radius 2 is 2.00 bits per heavy atom. The molecule has 3 aromatic rings. The van der Waals surface area contributed by atoms with Gasteiger partial charge in [-0.25, -0.2) is 0 Å². The van der Waals surface area contributed by atoms with Gasteiger partial charge in [-0.15, -0.1) is 10.2 Å². The maximum atomic E-state index is 6.19. The van der Waals surface area contributed by atoms with Crippen molar-refractivity contribution in [2.24, 2.45) is 0 Å². The third-order valence-electron chi connectivity index (χ3n) is 3.91. The predicted molar refractivity (Wildman–Crippen MR) is 100 cm³/mol. The van der Waals surface area contributed by atoms with E-state index in [0.29, 0.717) is 10.0 Å². The van der Waals surface area contributed by atoms with E-state index in [1.165, 1.54) is 11.3 Å². The van der Waals surface area contributed by atoms with Gasteiger partial charge in [0.05, 0.1) is 19.8 Å². The SMILES string of the molecule is Clc1ccc(/C=C/c2nn3c(CN4CCOCC4)nnc3s2)c(Cl)c1. The zero-order valence-electron chi connectivity index (χ0n) is 13.2. The van der Waals surface area contributed by atoms with Crippen molar-refractivity contribution >= 4 is 51.7 Å². The highest BCUT2D eigenvalue weighted by molar-refractivity contribution is 7.17. The van der Waals surface area contributed by atoms with Crippen molar-refractivity contribution in [3.63, 3.8) is 0 Å². The Kier molecular flexibility index (Phi) is 5.00. The third kappa shape index (κ3) is 3.86. The van der Waals surface area contributed by atoms with Gasteiger partial charge in [0.1, 0.15) is 5.01 Å². The van der Waals surface area contributed by atoms with E-state index in [1.807, 2.05) is 28.8 Å². The highest BCUT2D eigenvalue weighted by atomic mass is 35.5. The number of hydrogen-bond donors (Lipinski definition) is 0. The molecule has 6 nitrogen and oxygen atoms in total. The molecule has 0 amide bonds. The smallest absolute Gasteiger partial charge is 0.235 e. The molecule has 0 bridgehead atoms. The largest absolute Gasteiger partial charge is 0.379 e. The van der Waals surface area contributed by atoms with E-state index in [0.717, 1.165) is 54.2 Å². The van der Waals surface area contributed by atoms with Crippen LogP contribution < -0.4 is 0 Å². The molecule has 2 aromatic heterocycles.